The van der Waals surface area contributed by atoms with Crippen molar-refractivity contribution in [2.24, 2.45) is 0 Å². The van der Waals surface area contributed by atoms with Gasteiger partial charge in [-0.3, -0.25) is 0 Å². The molecule has 1 fully saturated rings. The molecule has 1 aromatic heterocycles. The van der Waals surface area contributed by atoms with Gasteiger partial charge in [-0.25, -0.2) is 4.98 Å². The van der Waals surface area contributed by atoms with E-state index >= 15 is 0 Å². The number of hydrogen-bond donors (Lipinski definition) is 0. The average molecular weight is 206 g/mol. The highest BCUT2D eigenvalue weighted by molar-refractivity contribution is 5.10. The van der Waals surface area contributed by atoms with Gasteiger partial charge < -0.3 is 9.64 Å². The molecular weight excluding hydrogens is 188 g/mol. The van der Waals surface area contributed by atoms with Crippen LogP contribution in [0.5, 0.6) is 5.88 Å². The lowest BCUT2D eigenvalue weighted by molar-refractivity contribution is 0.116. The van der Waals surface area contributed by atoms with Crippen LogP contribution in [0.3, 0.4) is 0 Å². The lowest BCUT2D eigenvalue weighted by Gasteiger charge is -2.26. The molecule has 1 saturated carbocycles. The van der Waals surface area contributed by atoms with Crippen LogP contribution in [-0.4, -0.2) is 36.1 Å². The Bertz CT molecular complexity index is 300. The van der Waals surface area contributed by atoms with Gasteiger partial charge in [0.1, 0.15) is 6.10 Å². The molecule has 82 valence electrons. The third-order valence-electron chi connectivity index (χ3n) is 2.99. The van der Waals surface area contributed by atoms with Crippen LogP contribution in [0.2, 0.25) is 0 Å². The highest BCUT2D eigenvalue weighted by Gasteiger charge is 2.30. The summed E-state index contributed by atoms with van der Waals surface area (Å²) in [5, 5.41) is 0. The van der Waals surface area contributed by atoms with Gasteiger partial charge in [-0.1, -0.05) is 6.07 Å². The molecule has 0 aliphatic heterocycles. The van der Waals surface area contributed by atoms with Crippen molar-refractivity contribution < 1.29 is 4.74 Å². The van der Waals surface area contributed by atoms with Gasteiger partial charge >= 0.3 is 0 Å². The molecule has 1 aliphatic rings. The van der Waals surface area contributed by atoms with E-state index in [0.717, 1.165) is 12.3 Å². The van der Waals surface area contributed by atoms with E-state index in [1.807, 2.05) is 18.2 Å². The monoisotopic (exact) mass is 206 g/mol. The largest absolute Gasteiger partial charge is 0.473 e. The maximum atomic E-state index is 5.90. The molecule has 0 saturated heterocycles. The van der Waals surface area contributed by atoms with Crippen LogP contribution < -0.4 is 4.74 Å². The molecule has 0 amide bonds. The number of nitrogens with zero attached hydrogens (tertiary/aromatic N) is 2. The zero-order valence-electron chi connectivity index (χ0n) is 9.39. The first-order valence-corrected chi connectivity index (χ1v) is 5.51. The lowest BCUT2D eigenvalue weighted by Crippen LogP contribution is -2.38. The van der Waals surface area contributed by atoms with Crippen LogP contribution in [0.15, 0.2) is 24.4 Å². The molecule has 1 aromatic rings. The van der Waals surface area contributed by atoms with Crippen LogP contribution >= 0.6 is 0 Å². The van der Waals surface area contributed by atoms with Crippen molar-refractivity contribution >= 4 is 0 Å². The molecule has 2 unspecified atom stereocenters. The van der Waals surface area contributed by atoms with Crippen molar-refractivity contribution in [3.63, 3.8) is 0 Å². The average Bonchev–Trinajstić information content (AvgIpc) is 2.67. The Morgan fingerprint density at radius 1 is 1.33 bits per heavy atom. The predicted octanol–water partition coefficient (Wildman–Crippen LogP) is 1.94. The van der Waals surface area contributed by atoms with Crippen molar-refractivity contribution in [1.82, 2.24) is 9.88 Å². The summed E-state index contributed by atoms with van der Waals surface area (Å²) in [7, 11) is 4.23. The summed E-state index contributed by atoms with van der Waals surface area (Å²) >= 11 is 0. The van der Waals surface area contributed by atoms with Crippen molar-refractivity contribution in [3.05, 3.63) is 24.4 Å². The number of ether oxygens (including phenoxy) is 1. The summed E-state index contributed by atoms with van der Waals surface area (Å²) < 4.78 is 5.90. The Hall–Kier alpha value is -1.09. The molecule has 0 N–H and O–H groups in total. The van der Waals surface area contributed by atoms with Crippen LogP contribution in [-0.2, 0) is 0 Å². The van der Waals surface area contributed by atoms with Gasteiger partial charge in [0.25, 0.3) is 0 Å². The lowest BCUT2D eigenvalue weighted by atomic mass is 10.2. The molecular formula is C12H18N2O. The molecule has 2 atom stereocenters. The minimum Gasteiger partial charge on any atom is -0.473 e. The van der Waals surface area contributed by atoms with Gasteiger partial charge in [0, 0.05) is 18.3 Å². The fourth-order valence-electron chi connectivity index (χ4n) is 2.21. The van der Waals surface area contributed by atoms with E-state index in [4.69, 9.17) is 4.74 Å². The van der Waals surface area contributed by atoms with E-state index in [1.54, 1.807) is 6.20 Å². The smallest absolute Gasteiger partial charge is 0.213 e. The molecule has 15 heavy (non-hydrogen) atoms. The Balaban J connectivity index is 2.00. The zero-order chi connectivity index (χ0) is 10.7. The quantitative estimate of drug-likeness (QED) is 0.755. The Kier molecular flexibility index (Phi) is 3.21. The number of likely N-dealkylation sites (N-methyl/N-ethyl adjacent to an activating group) is 1. The Morgan fingerprint density at radius 2 is 2.20 bits per heavy atom. The second-order valence-electron chi connectivity index (χ2n) is 4.29. The third kappa shape index (κ3) is 2.48. The van der Waals surface area contributed by atoms with Gasteiger partial charge in [0.2, 0.25) is 5.88 Å². The second-order valence-corrected chi connectivity index (χ2v) is 4.29. The molecule has 3 nitrogen and oxygen atoms in total. The fourth-order valence-corrected chi connectivity index (χ4v) is 2.21. The zero-order valence-corrected chi connectivity index (χ0v) is 9.39. The van der Waals surface area contributed by atoms with E-state index in [0.29, 0.717) is 12.1 Å². The first-order valence-electron chi connectivity index (χ1n) is 5.51. The molecule has 1 heterocycles. The molecule has 3 heteroatoms. The van der Waals surface area contributed by atoms with Crippen molar-refractivity contribution in [2.75, 3.05) is 14.1 Å². The van der Waals surface area contributed by atoms with Crippen LogP contribution in [0.25, 0.3) is 0 Å². The van der Waals surface area contributed by atoms with Gasteiger partial charge in [-0.2, -0.15) is 0 Å². The van der Waals surface area contributed by atoms with Gasteiger partial charge in [-0.05, 0) is 39.4 Å². The van der Waals surface area contributed by atoms with Crippen LogP contribution in [0, 0.1) is 0 Å². The number of hydrogen-bond acceptors (Lipinski definition) is 3. The van der Waals surface area contributed by atoms with Gasteiger partial charge in [0.15, 0.2) is 0 Å². The topological polar surface area (TPSA) is 25.4 Å². The number of pyridine rings is 1. The summed E-state index contributed by atoms with van der Waals surface area (Å²) in [5.41, 5.74) is 0. The second kappa shape index (κ2) is 4.62. The van der Waals surface area contributed by atoms with E-state index < -0.39 is 0 Å². The normalized spacial score (nSPS) is 25.8. The minimum absolute atomic E-state index is 0.301. The van der Waals surface area contributed by atoms with Crippen molar-refractivity contribution in [3.8, 4) is 5.88 Å². The third-order valence-corrected chi connectivity index (χ3v) is 2.99. The predicted molar refractivity (Wildman–Crippen MR) is 60.0 cm³/mol. The summed E-state index contributed by atoms with van der Waals surface area (Å²) in [4.78, 5) is 6.45. The Morgan fingerprint density at radius 3 is 2.87 bits per heavy atom. The van der Waals surface area contributed by atoms with Gasteiger partial charge in [0.05, 0.1) is 0 Å². The van der Waals surface area contributed by atoms with E-state index in [1.165, 1.54) is 12.8 Å². The van der Waals surface area contributed by atoms with E-state index in [-0.39, 0.29) is 0 Å². The van der Waals surface area contributed by atoms with E-state index in [9.17, 15) is 0 Å². The maximum Gasteiger partial charge on any atom is 0.213 e. The van der Waals surface area contributed by atoms with Crippen molar-refractivity contribution in [1.29, 1.82) is 0 Å². The molecule has 2 rings (SSSR count). The molecule has 0 radical (unpaired) electrons. The fraction of sp³-hybridized carbons (Fsp3) is 0.583. The first kappa shape index (κ1) is 10.4. The maximum absolute atomic E-state index is 5.90. The molecule has 0 spiro atoms. The summed E-state index contributed by atoms with van der Waals surface area (Å²) in [6, 6.07) is 6.32. The number of rotatable bonds is 3. The van der Waals surface area contributed by atoms with E-state index in [2.05, 4.69) is 24.0 Å². The first-order chi connectivity index (χ1) is 7.27. The number of aromatic nitrogens is 1. The molecule has 1 aliphatic carbocycles. The van der Waals surface area contributed by atoms with Crippen LogP contribution in [0.4, 0.5) is 0 Å². The highest BCUT2D eigenvalue weighted by Crippen LogP contribution is 2.26. The highest BCUT2D eigenvalue weighted by atomic mass is 16.5. The standard InChI is InChI=1S/C12H18N2O/c1-14(2)10-6-5-7-11(10)15-12-8-3-4-9-13-12/h3-4,8-11H,5-7H2,1-2H3. The van der Waals surface area contributed by atoms with Gasteiger partial charge in [-0.15, -0.1) is 0 Å². The minimum atomic E-state index is 0.301. The summed E-state index contributed by atoms with van der Waals surface area (Å²) in [6.07, 6.45) is 5.69. The van der Waals surface area contributed by atoms with Crippen molar-refractivity contribution in [2.45, 2.75) is 31.4 Å². The molecule has 0 aromatic carbocycles. The van der Waals surface area contributed by atoms with Crippen LogP contribution in [0.1, 0.15) is 19.3 Å². The SMILES string of the molecule is CN(C)C1CCCC1Oc1ccccn1. The molecule has 0 bridgehead atoms. The Labute approximate surface area is 91.1 Å². The summed E-state index contributed by atoms with van der Waals surface area (Å²) in [6.45, 7) is 0. The summed E-state index contributed by atoms with van der Waals surface area (Å²) in [5.74, 6) is 0.747.